The lowest BCUT2D eigenvalue weighted by Gasteiger charge is -1.99. The lowest BCUT2D eigenvalue weighted by Crippen LogP contribution is -2.09. The van der Waals surface area contributed by atoms with Crippen LogP contribution in [0.1, 0.15) is 20.8 Å². The Morgan fingerprint density at radius 2 is 1.10 bits per heavy atom. The molecule has 9 nitrogen and oxygen atoms in total. The van der Waals surface area contributed by atoms with E-state index in [1.807, 2.05) is 14.1 Å². The SMILES string of the molecule is C=C(C)C(=O)O.C=C(C)C(=O)OCC1CO1.C=C(C)C(=O)OCC1CO1.CNC. The van der Waals surface area contributed by atoms with Crippen molar-refractivity contribution < 1.29 is 38.4 Å². The highest BCUT2D eigenvalue weighted by Gasteiger charge is 2.24. The summed E-state index contributed by atoms with van der Waals surface area (Å²) in [5.41, 5.74) is 1.04. The van der Waals surface area contributed by atoms with Gasteiger partial charge in [0.1, 0.15) is 25.4 Å². The molecule has 2 aliphatic heterocycles. The van der Waals surface area contributed by atoms with Crippen LogP contribution in [0, 0.1) is 0 Å². The van der Waals surface area contributed by atoms with Crippen molar-refractivity contribution in [3.05, 3.63) is 36.5 Å². The van der Waals surface area contributed by atoms with E-state index in [-0.39, 0.29) is 29.7 Å². The minimum atomic E-state index is -0.935. The Balaban J connectivity index is 0. The summed E-state index contributed by atoms with van der Waals surface area (Å²) in [6.45, 7) is 16.9. The first-order valence-corrected chi connectivity index (χ1v) is 8.81. The molecule has 0 aliphatic carbocycles. The van der Waals surface area contributed by atoms with E-state index >= 15 is 0 Å². The van der Waals surface area contributed by atoms with Gasteiger partial charge in [0.2, 0.25) is 0 Å². The Labute approximate surface area is 172 Å². The van der Waals surface area contributed by atoms with Gasteiger partial charge >= 0.3 is 17.9 Å². The van der Waals surface area contributed by atoms with E-state index in [1.54, 1.807) is 13.8 Å². The summed E-state index contributed by atoms with van der Waals surface area (Å²) < 4.78 is 19.2. The molecule has 0 aromatic heterocycles. The largest absolute Gasteiger partial charge is 0.478 e. The maximum atomic E-state index is 10.7. The van der Waals surface area contributed by atoms with Crippen LogP contribution in [0.5, 0.6) is 0 Å². The molecule has 2 N–H and O–H groups in total. The monoisotopic (exact) mass is 415 g/mol. The van der Waals surface area contributed by atoms with Gasteiger partial charge in [-0.05, 0) is 34.9 Å². The van der Waals surface area contributed by atoms with Gasteiger partial charge in [-0.2, -0.15) is 0 Å². The Kier molecular flexibility index (Phi) is 16.3. The summed E-state index contributed by atoms with van der Waals surface area (Å²) in [4.78, 5) is 31.0. The van der Waals surface area contributed by atoms with Gasteiger partial charge in [-0.1, -0.05) is 19.7 Å². The van der Waals surface area contributed by atoms with Gasteiger partial charge in [-0.15, -0.1) is 0 Å². The number of carboxylic acids is 1. The van der Waals surface area contributed by atoms with Gasteiger partial charge in [0.15, 0.2) is 0 Å². The summed E-state index contributed by atoms with van der Waals surface area (Å²) in [6.07, 6.45) is 0.284. The van der Waals surface area contributed by atoms with Crippen molar-refractivity contribution in [3.8, 4) is 0 Å². The maximum Gasteiger partial charge on any atom is 0.333 e. The molecule has 9 heteroatoms. The standard InChI is InChI=1S/2C7H10O3.C4H6O2.C2H7N/c2*1-5(2)7(8)10-4-6-3-9-6;1-3(2)4(5)6;1-3-2/h2*6H,1,3-4H2,2H3;1H2,2H3,(H,5,6);3H,1-2H3. The summed E-state index contributed by atoms with van der Waals surface area (Å²) in [6, 6.07) is 0. The highest BCUT2D eigenvalue weighted by Crippen LogP contribution is 2.09. The highest BCUT2D eigenvalue weighted by molar-refractivity contribution is 5.87. The first-order chi connectivity index (χ1) is 13.5. The van der Waals surface area contributed by atoms with Gasteiger partial charge in [-0.3, -0.25) is 0 Å². The van der Waals surface area contributed by atoms with Crippen molar-refractivity contribution in [3.63, 3.8) is 0 Å². The molecule has 0 bridgehead atoms. The Morgan fingerprint density at radius 1 is 0.862 bits per heavy atom. The summed E-state index contributed by atoms with van der Waals surface area (Å²) in [5.74, 6) is -1.61. The fraction of sp³-hybridized carbons (Fsp3) is 0.550. The van der Waals surface area contributed by atoms with Crippen molar-refractivity contribution in [2.45, 2.75) is 33.0 Å². The third-order valence-electron chi connectivity index (χ3n) is 2.67. The molecule has 2 atom stereocenters. The van der Waals surface area contributed by atoms with Crippen molar-refractivity contribution >= 4 is 17.9 Å². The lowest BCUT2D eigenvalue weighted by atomic mass is 10.4. The van der Waals surface area contributed by atoms with Crippen molar-refractivity contribution in [2.24, 2.45) is 0 Å². The Bertz CT molecular complexity index is 527. The van der Waals surface area contributed by atoms with E-state index in [0.717, 1.165) is 0 Å². The van der Waals surface area contributed by atoms with Crippen LogP contribution in [0.4, 0.5) is 0 Å². The molecule has 0 radical (unpaired) electrons. The van der Waals surface area contributed by atoms with E-state index < -0.39 is 5.97 Å². The van der Waals surface area contributed by atoms with Crippen molar-refractivity contribution in [1.82, 2.24) is 5.32 Å². The topological polar surface area (TPSA) is 127 Å². The third kappa shape index (κ3) is 21.7. The molecule has 2 aliphatic rings. The quantitative estimate of drug-likeness (QED) is 0.361. The zero-order chi connectivity index (χ0) is 23.0. The van der Waals surface area contributed by atoms with E-state index in [9.17, 15) is 14.4 Å². The molecule has 2 heterocycles. The van der Waals surface area contributed by atoms with Gasteiger partial charge in [0.25, 0.3) is 0 Å². The van der Waals surface area contributed by atoms with Crippen LogP contribution in [0.2, 0.25) is 0 Å². The predicted octanol–water partition coefficient (Wildman–Crippen LogP) is 1.49. The molecule has 0 aromatic rings. The van der Waals surface area contributed by atoms with Crippen molar-refractivity contribution in [1.29, 1.82) is 0 Å². The number of carbonyl (C=O) groups excluding carboxylic acids is 2. The minimum Gasteiger partial charge on any atom is -0.478 e. The first-order valence-electron chi connectivity index (χ1n) is 8.81. The molecule has 2 unspecified atom stereocenters. The van der Waals surface area contributed by atoms with E-state index in [1.165, 1.54) is 6.92 Å². The Morgan fingerprint density at radius 3 is 1.24 bits per heavy atom. The molecule has 2 fully saturated rings. The number of esters is 2. The van der Waals surface area contributed by atoms with Gasteiger partial charge < -0.3 is 29.4 Å². The molecule has 29 heavy (non-hydrogen) atoms. The van der Waals surface area contributed by atoms with Crippen LogP contribution in [0.3, 0.4) is 0 Å². The second-order valence-corrected chi connectivity index (χ2v) is 6.25. The summed E-state index contributed by atoms with van der Waals surface area (Å²) in [5, 5.41) is 10.6. The van der Waals surface area contributed by atoms with Gasteiger partial charge in [-0.25, -0.2) is 14.4 Å². The third-order valence-corrected chi connectivity index (χ3v) is 2.67. The van der Waals surface area contributed by atoms with Crippen LogP contribution in [0.15, 0.2) is 36.5 Å². The second kappa shape index (κ2) is 16.5. The van der Waals surface area contributed by atoms with Gasteiger partial charge in [0, 0.05) is 16.7 Å². The summed E-state index contributed by atoms with van der Waals surface area (Å²) >= 11 is 0. The number of nitrogens with one attached hydrogen (secondary N) is 1. The van der Waals surface area contributed by atoms with E-state index in [2.05, 4.69) is 25.1 Å². The van der Waals surface area contributed by atoms with Crippen LogP contribution >= 0.6 is 0 Å². The van der Waals surface area contributed by atoms with Crippen LogP contribution in [-0.2, 0) is 33.3 Å². The number of ether oxygens (including phenoxy) is 4. The number of carboxylic acid groups (broad SMARTS) is 1. The zero-order valence-corrected chi connectivity index (χ0v) is 17.9. The summed E-state index contributed by atoms with van der Waals surface area (Å²) in [7, 11) is 3.75. The molecule has 166 valence electrons. The van der Waals surface area contributed by atoms with Crippen LogP contribution in [0.25, 0.3) is 0 Å². The number of hydrogen-bond donors (Lipinski definition) is 2. The fourth-order valence-electron chi connectivity index (χ4n) is 0.912. The number of rotatable bonds is 7. The number of epoxide rings is 2. The average Bonchev–Trinajstić information content (AvgIpc) is 3.54. The molecular formula is C20H33NO8. The molecule has 0 spiro atoms. The molecule has 2 saturated heterocycles. The predicted molar refractivity (Wildman–Crippen MR) is 108 cm³/mol. The Hall–Kier alpha value is -2.49. The van der Waals surface area contributed by atoms with Crippen LogP contribution < -0.4 is 5.32 Å². The number of carbonyl (C=O) groups is 3. The zero-order valence-electron chi connectivity index (χ0n) is 17.9. The molecule has 0 amide bonds. The maximum absolute atomic E-state index is 10.7. The van der Waals surface area contributed by atoms with Crippen LogP contribution in [-0.4, -0.2) is 75.7 Å². The van der Waals surface area contributed by atoms with Gasteiger partial charge in [0.05, 0.1) is 13.2 Å². The number of aliphatic carboxylic acids is 1. The van der Waals surface area contributed by atoms with E-state index in [0.29, 0.717) is 37.6 Å². The minimum absolute atomic E-state index is 0.142. The number of hydrogen-bond acceptors (Lipinski definition) is 8. The fourth-order valence-corrected chi connectivity index (χ4v) is 0.912. The molecule has 0 saturated carbocycles. The van der Waals surface area contributed by atoms with E-state index in [4.69, 9.17) is 24.1 Å². The highest BCUT2D eigenvalue weighted by atomic mass is 16.6. The lowest BCUT2D eigenvalue weighted by molar-refractivity contribution is -0.140. The second-order valence-electron chi connectivity index (χ2n) is 6.25. The normalized spacial score (nSPS) is 17.3. The smallest absolute Gasteiger partial charge is 0.333 e. The average molecular weight is 415 g/mol. The van der Waals surface area contributed by atoms with Crippen molar-refractivity contribution in [2.75, 3.05) is 40.5 Å². The molecule has 2 rings (SSSR count). The molecule has 0 aromatic carbocycles. The first kappa shape index (κ1) is 28.7. The molecular weight excluding hydrogens is 382 g/mol.